The number of nitrogens with one attached hydrogen (secondary N) is 1. The fourth-order valence-corrected chi connectivity index (χ4v) is 9.24. The van der Waals surface area contributed by atoms with Gasteiger partial charge in [0.15, 0.2) is 0 Å². The summed E-state index contributed by atoms with van der Waals surface area (Å²) in [6.45, 7) is 5.60. The third-order valence-electron chi connectivity index (χ3n) is 11.1. The highest BCUT2D eigenvalue weighted by molar-refractivity contribution is 7.90. The van der Waals surface area contributed by atoms with Crippen molar-refractivity contribution >= 4 is 39.1 Å². The number of aryl methyl sites for hydroxylation is 1. The number of hydrogen-bond donors (Lipinski definition) is 2. The first-order chi connectivity index (χ1) is 22.4. The van der Waals surface area contributed by atoms with Crippen LogP contribution in [0.2, 0.25) is 5.02 Å². The smallest absolute Gasteiger partial charge is 0.264 e. The van der Waals surface area contributed by atoms with Crippen LogP contribution in [0.4, 0.5) is 5.69 Å². The van der Waals surface area contributed by atoms with Crippen LogP contribution in [0, 0.1) is 23.7 Å². The van der Waals surface area contributed by atoms with Crippen LogP contribution in [0.5, 0.6) is 5.75 Å². The molecule has 2 fully saturated rings. The summed E-state index contributed by atoms with van der Waals surface area (Å²) in [5.74, 6) is -1.09. The zero-order valence-corrected chi connectivity index (χ0v) is 29.0. The van der Waals surface area contributed by atoms with Gasteiger partial charge in [0, 0.05) is 37.3 Å². The number of sulfonamides is 1. The first-order valence-electron chi connectivity index (χ1n) is 16.9. The van der Waals surface area contributed by atoms with Crippen LogP contribution in [-0.2, 0) is 27.8 Å². The number of likely N-dealkylation sites (tertiary alicyclic amines) is 1. The molecule has 1 saturated carbocycles. The largest absolute Gasteiger partial charge is 0.487 e. The minimum Gasteiger partial charge on any atom is -0.487 e. The Morgan fingerprint density at radius 3 is 2.55 bits per heavy atom. The molecule has 2 aromatic rings. The molecule has 0 radical (unpaired) electrons. The molecule has 47 heavy (non-hydrogen) atoms. The molecule has 2 amide bonds. The molecule has 254 valence electrons. The monoisotopic (exact) mass is 683 g/mol. The number of nitrogens with zero attached hydrogens (tertiary/aromatic N) is 2. The van der Waals surface area contributed by atoms with E-state index in [0.717, 1.165) is 43.2 Å². The maximum absolute atomic E-state index is 13.5. The van der Waals surface area contributed by atoms with E-state index in [-0.39, 0.29) is 29.2 Å². The Balaban J connectivity index is 1.42. The summed E-state index contributed by atoms with van der Waals surface area (Å²) < 4.78 is 35.5. The van der Waals surface area contributed by atoms with Gasteiger partial charge in [-0.1, -0.05) is 36.7 Å². The number of hydrogen-bond acceptors (Lipinski definition) is 7. The van der Waals surface area contributed by atoms with Gasteiger partial charge in [0.1, 0.15) is 12.4 Å². The van der Waals surface area contributed by atoms with Gasteiger partial charge in [-0.15, -0.1) is 0 Å². The lowest BCUT2D eigenvalue weighted by Gasteiger charge is -2.50. The highest BCUT2D eigenvalue weighted by atomic mass is 35.5. The Hall–Kier alpha value is -3.08. The van der Waals surface area contributed by atoms with Gasteiger partial charge >= 0.3 is 0 Å². The van der Waals surface area contributed by atoms with Crippen molar-refractivity contribution in [3.63, 3.8) is 0 Å². The normalized spacial score (nSPS) is 32.1. The van der Waals surface area contributed by atoms with E-state index in [1.165, 1.54) is 0 Å². The van der Waals surface area contributed by atoms with Crippen LogP contribution < -0.4 is 14.4 Å². The second-order valence-corrected chi connectivity index (χ2v) is 16.5. The predicted molar refractivity (Wildman–Crippen MR) is 183 cm³/mol. The Morgan fingerprint density at radius 2 is 1.83 bits per heavy atom. The molecular formula is C36H46ClN3O6S. The molecule has 4 aliphatic rings. The number of carbonyl (C=O) groups excluding carboxylic acids is 2. The van der Waals surface area contributed by atoms with Crippen molar-refractivity contribution in [2.24, 2.45) is 23.7 Å². The number of rotatable bonds is 1. The summed E-state index contributed by atoms with van der Waals surface area (Å²) in [5, 5.41) is 12.3. The average molecular weight is 684 g/mol. The van der Waals surface area contributed by atoms with Gasteiger partial charge < -0.3 is 19.6 Å². The molecule has 0 unspecified atom stereocenters. The van der Waals surface area contributed by atoms with Crippen molar-refractivity contribution in [3.05, 3.63) is 70.3 Å². The number of fused-ring (bicyclic) bond motifs is 3. The number of ether oxygens (including phenoxy) is 1. The van der Waals surface area contributed by atoms with Gasteiger partial charge in [-0.2, -0.15) is 0 Å². The van der Waals surface area contributed by atoms with Gasteiger partial charge in [-0.3, -0.25) is 9.59 Å². The van der Waals surface area contributed by atoms with Gasteiger partial charge in [0.05, 0.1) is 22.5 Å². The lowest BCUT2D eigenvalue weighted by atomic mass is 9.60. The summed E-state index contributed by atoms with van der Waals surface area (Å²) in [5.41, 5.74) is 1.78. The molecule has 9 nitrogen and oxygen atoms in total. The van der Waals surface area contributed by atoms with E-state index in [4.69, 9.17) is 16.3 Å². The average Bonchev–Trinajstić information content (AvgIpc) is 3.35. The van der Waals surface area contributed by atoms with Crippen molar-refractivity contribution in [2.75, 3.05) is 31.6 Å². The first-order valence-corrected chi connectivity index (χ1v) is 18.8. The molecule has 2 bridgehead atoms. The maximum Gasteiger partial charge on any atom is 0.264 e. The molecule has 0 spiro atoms. The zero-order valence-electron chi connectivity index (χ0n) is 27.5. The minimum absolute atomic E-state index is 0.0535. The highest BCUT2D eigenvalue weighted by Crippen LogP contribution is 2.49. The maximum atomic E-state index is 13.5. The molecular weight excluding hydrogens is 638 g/mol. The Kier molecular flexibility index (Phi) is 9.67. The summed E-state index contributed by atoms with van der Waals surface area (Å²) in [7, 11) is -2.24. The number of carbonyl (C=O) groups is 2. The van der Waals surface area contributed by atoms with Crippen molar-refractivity contribution < 1.29 is 27.9 Å². The SMILES string of the molecule is C[C@@H]1[C@@H](C)C/C=C/[C@](O)([C@H]2CCN(C)C2=O)[C@@H]2CC[C@H]2CN2CCCCc3cc(Cl)ccc3COc3ccc(cc32)C(=O)NS1(=O)=O. The lowest BCUT2D eigenvalue weighted by molar-refractivity contribution is -0.143. The van der Waals surface area contributed by atoms with Crippen LogP contribution in [-0.4, -0.2) is 67.8 Å². The molecule has 1 saturated heterocycles. The van der Waals surface area contributed by atoms with Crippen LogP contribution in [0.1, 0.15) is 73.9 Å². The van der Waals surface area contributed by atoms with Crippen molar-refractivity contribution in [3.8, 4) is 5.75 Å². The molecule has 6 rings (SSSR count). The lowest BCUT2D eigenvalue weighted by Crippen LogP contribution is -2.55. The van der Waals surface area contributed by atoms with Crippen molar-refractivity contribution in [2.45, 2.75) is 76.3 Å². The van der Waals surface area contributed by atoms with Gasteiger partial charge in [-0.05, 0) is 111 Å². The van der Waals surface area contributed by atoms with E-state index in [1.54, 1.807) is 43.1 Å². The molecule has 3 aliphatic heterocycles. The van der Waals surface area contributed by atoms with Crippen LogP contribution in [0.15, 0.2) is 48.6 Å². The second-order valence-electron chi connectivity index (χ2n) is 14.0. The summed E-state index contributed by atoms with van der Waals surface area (Å²) >= 11 is 6.34. The Labute approximate surface area is 283 Å². The Morgan fingerprint density at radius 1 is 1.02 bits per heavy atom. The molecule has 0 aromatic heterocycles. The Bertz CT molecular complexity index is 1660. The topological polar surface area (TPSA) is 116 Å². The molecule has 2 aromatic carbocycles. The standard InChI is InChI=1S/C36H46ClN3O6S/c1-23-7-6-16-36(43,31-15-18-39(3)35(31)42)30-13-10-27(30)21-40-17-5-4-8-25-19-29(37)12-9-28(25)22-46-33-14-11-26(20-32(33)40)34(41)38-47(44,45)24(23)2/h6,9,11-12,14,16,19-20,23-24,27,30-31,43H,4-5,7-8,10,13,15,17-18,21-22H2,1-3H3,(H,38,41)/b16-6+/t23-,24+,27-,30+,31-,36+/m0/s1. The van der Waals surface area contributed by atoms with E-state index in [2.05, 4.69) is 9.62 Å². The number of allylic oxidation sites excluding steroid dienone is 1. The summed E-state index contributed by atoms with van der Waals surface area (Å²) in [6.07, 6.45) is 8.89. The number of halogens is 1. The van der Waals surface area contributed by atoms with Crippen LogP contribution in [0.25, 0.3) is 0 Å². The minimum atomic E-state index is -4.02. The van der Waals surface area contributed by atoms with E-state index in [0.29, 0.717) is 55.5 Å². The van der Waals surface area contributed by atoms with E-state index in [9.17, 15) is 23.1 Å². The predicted octanol–water partition coefficient (Wildman–Crippen LogP) is 5.34. The summed E-state index contributed by atoms with van der Waals surface area (Å²) in [4.78, 5) is 30.7. The van der Waals surface area contributed by atoms with E-state index < -0.39 is 32.7 Å². The molecule has 11 heteroatoms. The van der Waals surface area contributed by atoms with Crippen LogP contribution >= 0.6 is 11.6 Å². The van der Waals surface area contributed by atoms with E-state index >= 15 is 0 Å². The second kappa shape index (κ2) is 13.4. The van der Waals surface area contributed by atoms with E-state index in [1.807, 2.05) is 31.2 Å². The fraction of sp³-hybridized carbons (Fsp3) is 0.556. The van der Waals surface area contributed by atoms with Crippen molar-refractivity contribution in [1.82, 2.24) is 9.62 Å². The highest BCUT2D eigenvalue weighted by Gasteiger charge is 2.54. The number of aliphatic hydroxyl groups is 1. The van der Waals surface area contributed by atoms with Crippen LogP contribution in [0.3, 0.4) is 0 Å². The third kappa shape index (κ3) is 6.78. The molecule has 1 aliphatic carbocycles. The van der Waals surface area contributed by atoms with Crippen molar-refractivity contribution in [1.29, 1.82) is 0 Å². The zero-order chi connectivity index (χ0) is 33.5. The summed E-state index contributed by atoms with van der Waals surface area (Å²) in [6, 6.07) is 10.9. The third-order valence-corrected chi connectivity index (χ3v) is 13.3. The first kappa shape index (κ1) is 33.8. The number of anilines is 1. The molecule has 2 N–H and O–H groups in total. The number of benzene rings is 2. The van der Waals surface area contributed by atoms with Gasteiger partial charge in [0.2, 0.25) is 15.9 Å². The van der Waals surface area contributed by atoms with Gasteiger partial charge in [-0.25, -0.2) is 13.1 Å². The molecule has 3 heterocycles. The fourth-order valence-electron chi connectivity index (χ4n) is 7.76. The number of amides is 2. The molecule has 6 atom stereocenters. The quantitative estimate of drug-likeness (QED) is 0.390. The van der Waals surface area contributed by atoms with Gasteiger partial charge in [0.25, 0.3) is 5.91 Å².